The third kappa shape index (κ3) is 2.62. The molecule has 0 radical (unpaired) electrons. The van der Waals surface area contributed by atoms with E-state index in [1.807, 2.05) is 0 Å². The summed E-state index contributed by atoms with van der Waals surface area (Å²) in [7, 11) is 0. The molecule has 0 aliphatic carbocycles. The standard InChI is InChI=1S/C10H10BrN3O3/c11-8-2-1-7(14(16)17)3-9(8)13-10(15)6-4-12-5-6/h1-3,6,12H,4-5H2,(H,13,15). The average Bonchev–Trinajstić information content (AvgIpc) is 2.18. The number of carbonyl (C=O) groups is 1. The van der Waals surface area contributed by atoms with E-state index in [0.29, 0.717) is 23.2 Å². The molecule has 0 spiro atoms. The van der Waals surface area contributed by atoms with Crippen LogP contribution in [0.5, 0.6) is 0 Å². The van der Waals surface area contributed by atoms with Crippen molar-refractivity contribution in [3.63, 3.8) is 0 Å². The van der Waals surface area contributed by atoms with Gasteiger partial charge in [-0.15, -0.1) is 0 Å². The average molecular weight is 300 g/mol. The van der Waals surface area contributed by atoms with Gasteiger partial charge >= 0.3 is 0 Å². The van der Waals surface area contributed by atoms with Gasteiger partial charge in [-0.05, 0) is 22.0 Å². The van der Waals surface area contributed by atoms with Crippen LogP contribution in [0.3, 0.4) is 0 Å². The SMILES string of the molecule is O=C(Nc1cc([N+](=O)[O-])ccc1Br)C1CNC1. The highest BCUT2D eigenvalue weighted by atomic mass is 79.9. The molecule has 1 aliphatic heterocycles. The summed E-state index contributed by atoms with van der Waals surface area (Å²) >= 11 is 3.24. The highest BCUT2D eigenvalue weighted by molar-refractivity contribution is 9.10. The second-order valence-electron chi connectivity index (χ2n) is 3.77. The molecule has 0 bridgehead atoms. The molecule has 0 atom stereocenters. The summed E-state index contributed by atoms with van der Waals surface area (Å²) in [4.78, 5) is 21.8. The van der Waals surface area contributed by atoms with Crippen molar-refractivity contribution in [2.45, 2.75) is 0 Å². The van der Waals surface area contributed by atoms with Crippen LogP contribution in [0.25, 0.3) is 0 Å². The van der Waals surface area contributed by atoms with Crippen LogP contribution in [0.2, 0.25) is 0 Å². The fourth-order valence-corrected chi connectivity index (χ4v) is 1.78. The number of carbonyl (C=O) groups excluding carboxylic acids is 1. The van der Waals surface area contributed by atoms with Gasteiger partial charge in [0.15, 0.2) is 0 Å². The normalized spacial score (nSPS) is 15.1. The summed E-state index contributed by atoms with van der Waals surface area (Å²) in [6, 6.07) is 4.27. The van der Waals surface area contributed by atoms with Crippen LogP contribution in [-0.2, 0) is 4.79 Å². The van der Waals surface area contributed by atoms with E-state index >= 15 is 0 Å². The number of hydrogen-bond acceptors (Lipinski definition) is 4. The number of rotatable bonds is 3. The Hall–Kier alpha value is -1.47. The van der Waals surface area contributed by atoms with E-state index in [1.165, 1.54) is 12.1 Å². The highest BCUT2D eigenvalue weighted by Gasteiger charge is 2.25. The van der Waals surface area contributed by atoms with Crippen LogP contribution in [0, 0.1) is 16.0 Å². The first-order valence-electron chi connectivity index (χ1n) is 5.03. The van der Waals surface area contributed by atoms with Gasteiger partial charge in [-0.2, -0.15) is 0 Å². The molecule has 7 heteroatoms. The fraction of sp³-hybridized carbons (Fsp3) is 0.300. The molecule has 1 saturated heterocycles. The second kappa shape index (κ2) is 4.80. The first-order chi connectivity index (χ1) is 8.08. The topological polar surface area (TPSA) is 84.3 Å². The number of hydrogen-bond donors (Lipinski definition) is 2. The molecule has 2 rings (SSSR count). The number of halogens is 1. The van der Waals surface area contributed by atoms with E-state index in [9.17, 15) is 14.9 Å². The van der Waals surface area contributed by atoms with Crippen molar-refractivity contribution in [1.29, 1.82) is 0 Å². The zero-order chi connectivity index (χ0) is 12.4. The molecule has 1 aromatic carbocycles. The number of anilines is 1. The van der Waals surface area contributed by atoms with E-state index in [0.717, 1.165) is 0 Å². The molecule has 90 valence electrons. The van der Waals surface area contributed by atoms with Crippen molar-refractivity contribution >= 4 is 33.2 Å². The summed E-state index contributed by atoms with van der Waals surface area (Å²) in [6.07, 6.45) is 0. The molecule has 1 amide bonds. The predicted molar refractivity (Wildman–Crippen MR) is 65.8 cm³/mol. The summed E-state index contributed by atoms with van der Waals surface area (Å²) in [5.74, 6) is -0.175. The van der Waals surface area contributed by atoms with Gasteiger partial charge in [-0.3, -0.25) is 14.9 Å². The summed E-state index contributed by atoms with van der Waals surface area (Å²) in [5, 5.41) is 16.3. The van der Waals surface area contributed by atoms with Gasteiger partial charge in [0.2, 0.25) is 5.91 Å². The number of benzene rings is 1. The van der Waals surface area contributed by atoms with Crippen LogP contribution in [0.4, 0.5) is 11.4 Å². The lowest BCUT2D eigenvalue weighted by atomic mass is 10.0. The minimum Gasteiger partial charge on any atom is -0.325 e. The monoisotopic (exact) mass is 299 g/mol. The van der Waals surface area contributed by atoms with Crippen LogP contribution < -0.4 is 10.6 Å². The van der Waals surface area contributed by atoms with Gasteiger partial charge < -0.3 is 10.6 Å². The Balaban J connectivity index is 2.16. The van der Waals surface area contributed by atoms with Gasteiger partial charge in [0, 0.05) is 29.7 Å². The molecule has 1 aliphatic rings. The molecule has 2 N–H and O–H groups in total. The van der Waals surface area contributed by atoms with Crippen molar-refractivity contribution in [3.8, 4) is 0 Å². The fourth-order valence-electron chi connectivity index (χ4n) is 1.43. The van der Waals surface area contributed by atoms with Crippen LogP contribution in [-0.4, -0.2) is 23.9 Å². The number of nitro benzene ring substituents is 1. The maximum absolute atomic E-state index is 11.7. The van der Waals surface area contributed by atoms with Crippen molar-refractivity contribution in [2.75, 3.05) is 18.4 Å². The van der Waals surface area contributed by atoms with Gasteiger partial charge in [-0.25, -0.2) is 0 Å². The second-order valence-corrected chi connectivity index (χ2v) is 4.62. The third-order valence-electron chi connectivity index (χ3n) is 2.57. The smallest absolute Gasteiger partial charge is 0.271 e. The molecule has 0 unspecified atom stereocenters. The van der Waals surface area contributed by atoms with Crippen LogP contribution >= 0.6 is 15.9 Å². The largest absolute Gasteiger partial charge is 0.325 e. The number of nitro groups is 1. The molecular formula is C10H10BrN3O3. The van der Waals surface area contributed by atoms with Gasteiger partial charge in [0.1, 0.15) is 0 Å². The van der Waals surface area contributed by atoms with Crippen LogP contribution in [0.1, 0.15) is 0 Å². The third-order valence-corrected chi connectivity index (χ3v) is 3.26. The van der Waals surface area contributed by atoms with E-state index in [1.54, 1.807) is 6.07 Å². The molecule has 1 heterocycles. The molecule has 0 aromatic heterocycles. The zero-order valence-corrected chi connectivity index (χ0v) is 10.4. The first-order valence-corrected chi connectivity index (χ1v) is 5.83. The Kier molecular flexibility index (Phi) is 3.39. The van der Waals surface area contributed by atoms with Crippen molar-refractivity contribution in [2.24, 2.45) is 5.92 Å². The van der Waals surface area contributed by atoms with Crippen molar-refractivity contribution in [3.05, 3.63) is 32.8 Å². The summed E-state index contributed by atoms with van der Waals surface area (Å²) in [5.41, 5.74) is 0.381. The zero-order valence-electron chi connectivity index (χ0n) is 8.77. The molecule has 17 heavy (non-hydrogen) atoms. The Labute approximate surface area is 106 Å². The molecule has 1 aromatic rings. The van der Waals surface area contributed by atoms with Gasteiger partial charge in [0.25, 0.3) is 5.69 Å². The number of amides is 1. The quantitative estimate of drug-likeness (QED) is 0.654. The number of nitrogens with one attached hydrogen (secondary N) is 2. The summed E-state index contributed by atoms with van der Waals surface area (Å²) in [6.45, 7) is 1.30. The van der Waals surface area contributed by atoms with Crippen molar-refractivity contribution in [1.82, 2.24) is 5.32 Å². The predicted octanol–water partition coefficient (Wildman–Crippen LogP) is 1.52. The lowest BCUT2D eigenvalue weighted by molar-refractivity contribution is -0.384. The highest BCUT2D eigenvalue weighted by Crippen LogP contribution is 2.27. The summed E-state index contributed by atoms with van der Waals surface area (Å²) < 4.78 is 0.628. The lowest BCUT2D eigenvalue weighted by Crippen LogP contribution is -2.48. The van der Waals surface area contributed by atoms with Gasteiger partial charge in [0.05, 0.1) is 16.5 Å². The lowest BCUT2D eigenvalue weighted by Gasteiger charge is -2.25. The van der Waals surface area contributed by atoms with Gasteiger partial charge in [-0.1, -0.05) is 0 Å². The minimum absolute atomic E-state index is 0.0461. The maximum atomic E-state index is 11.7. The number of non-ortho nitro benzene ring substituents is 1. The Bertz CT molecular complexity index is 474. The molecule has 0 saturated carbocycles. The Morgan fingerprint density at radius 2 is 2.24 bits per heavy atom. The van der Waals surface area contributed by atoms with Crippen LogP contribution in [0.15, 0.2) is 22.7 Å². The van der Waals surface area contributed by atoms with E-state index in [4.69, 9.17) is 0 Å². The Morgan fingerprint density at radius 3 is 2.76 bits per heavy atom. The van der Waals surface area contributed by atoms with E-state index in [2.05, 4.69) is 26.6 Å². The molecular weight excluding hydrogens is 290 g/mol. The van der Waals surface area contributed by atoms with E-state index < -0.39 is 4.92 Å². The molecule has 6 nitrogen and oxygen atoms in total. The van der Waals surface area contributed by atoms with E-state index in [-0.39, 0.29) is 17.5 Å². The molecule has 1 fully saturated rings. The Morgan fingerprint density at radius 1 is 1.53 bits per heavy atom. The maximum Gasteiger partial charge on any atom is 0.271 e. The first kappa shape index (κ1) is 12.0. The van der Waals surface area contributed by atoms with Crippen molar-refractivity contribution < 1.29 is 9.72 Å². The minimum atomic E-state index is -0.493. The number of nitrogens with zero attached hydrogens (tertiary/aromatic N) is 1.